The SMILES string of the molecule is Cc1ccc(NC(=O)CCCCNC(=O)OCC2c3ccccc3-c3ccccc32)cc1C(=O)O. The van der Waals surface area contributed by atoms with Crippen LogP contribution in [-0.2, 0) is 9.53 Å². The van der Waals surface area contributed by atoms with Crippen LogP contribution in [0.3, 0.4) is 0 Å². The van der Waals surface area contributed by atoms with Crippen LogP contribution in [0.15, 0.2) is 66.7 Å². The highest BCUT2D eigenvalue weighted by atomic mass is 16.5. The Labute approximate surface area is 204 Å². The molecule has 180 valence electrons. The number of carboxylic acids is 1. The molecular formula is C28H28N2O5. The van der Waals surface area contributed by atoms with Crippen LogP contribution in [0.5, 0.6) is 0 Å². The molecule has 0 spiro atoms. The summed E-state index contributed by atoms with van der Waals surface area (Å²) in [5, 5.41) is 14.7. The van der Waals surface area contributed by atoms with E-state index in [9.17, 15) is 19.5 Å². The van der Waals surface area contributed by atoms with Crippen LogP contribution in [0.1, 0.15) is 52.2 Å². The second-order valence-corrected chi connectivity index (χ2v) is 8.59. The molecule has 0 unspecified atom stereocenters. The van der Waals surface area contributed by atoms with E-state index in [1.165, 1.54) is 17.2 Å². The Bertz CT molecular complexity index is 1210. The quantitative estimate of drug-likeness (QED) is 0.365. The average Bonchev–Trinajstić information content (AvgIpc) is 3.17. The third-order valence-corrected chi connectivity index (χ3v) is 6.20. The van der Waals surface area contributed by atoms with Crippen molar-refractivity contribution >= 4 is 23.7 Å². The zero-order valence-electron chi connectivity index (χ0n) is 19.5. The van der Waals surface area contributed by atoms with Crippen molar-refractivity contribution in [1.29, 1.82) is 0 Å². The first-order chi connectivity index (χ1) is 16.9. The standard InChI is InChI=1S/C28H28N2O5/c1-18-13-14-19(16-24(18)27(32)33)30-26(31)12-6-7-15-29-28(34)35-17-25-22-10-4-2-8-20(22)21-9-3-5-11-23(21)25/h2-5,8-11,13-14,16,25H,6-7,12,15,17H2,1H3,(H,29,34)(H,30,31)(H,32,33). The fourth-order valence-corrected chi connectivity index (χ4v) is 4.40. The Balaban J connectivity index is 1.17. The number of hydrogen-bond acceptors (Lipinski definition) is 4. The largest absolute Gasteiger partial charge is 0.478 e. The van der Waals surface area contributed by atoms with E-state index in [0.717, 1.165) is 11.1 Å². The van der Waals surface area contributed by atoms with Crippen LogP contribution >= 0.6 is 0 Å². The number of carbonyl (C=O) groups excluding carboxylic acids is 2. The van der Waals surface area contributed by atoms with Crippen molar-refractivity contribution < 1.29 is 24.2 Å². The Morgan fingerprint density at radius 3 is 2.23 bits per heavy atom. The van der Waals surface area contributed by atoms with Crippen LogP contribution in [0.25, 0.3) is 11.1 Å². The van der Waals surface area contributed by atoms with Crippen LogP contribution in [0.4, 0.5) is 10.5 Å². The molecule has 0 atom stereocenters. The van der Waals surface area contributed by atoms with E-state index in [-0.39, 0.29) is 30.4 Å². The molecule has 3 aromatic rings. The first kappa shape index (κ1) is 24.0. The lowest BCUT2D eigenvalue weighted by Gasteiger charge is -2.14. The molecule has 7 nitrogen and oxygen atoms in total. The Kier molecular flexibility index (Phi) is 7.45. The molecule has 0 saturated heterocycles. The third kappa shape index (κ3) is 5.69. The molecule has 0 saturated carbocycles. The molecule has 35 heavy (non-hydrogen) atoms. The molecule has 0 heterocycles. The monoisotopic (exact) mass is 472 g/mol. The lowest BCUT2D eigenvalue weighted by molar-refractivity contribution is -0.116. The number of aryl methyl sites for hydroxylation is 1. The van der Waals surface area contributed by atoms with Crippen LogP contribution in [0.2, 0.25) is 0 Å². The second-order valence-electron chi connectivity index (χ2n) is 8.59. The van der Waals surface area contributed by atoms with Crippen molar-refractivity contribution in [2.24, 2.45) is 0 Å². The zero-order chi connectivity index (χ0) is 24.8. The summed E-state index contributed by atoms with van der Waals surface area (Å²) in [6, 6.07) is 21.2. The van der Waals surface area contributed by atoms with Crippen LogP contribution in [-0.4, -0.2) is 36.2 Å². The first-order valence-corrected chi connectivity index (χ1v) is 11.7. The number of hydrogen-bond donors (Lipinski definition) is 3. The number of carbonyl (C=O) groups is 3. The topological polar surface area (TPSA) is 105 Å². The zero-order valence-corrected chi connectivity index (χ0v) is 19.5. The minimum Gasteiger partial charge on any atom is -0.478 e. The molecule has 3 N–H and O–H groups in total. The van der Waals surface area contributed by atoms with Crippen LogP contribution < -0.4 is 10.6 Å². The Morgan fingerprint density at radius 2 is 1.57 bits per heavy atom. The van der Waals surface area contributed by atoms with E-state index >= 15 is 0 Å². The first-order valence-electron chi connectivity index (χ1n) is 11.7. The summed E-state index contributed by atoms with van der Waals surface area (Å²) < 4.78 is 5.51. The second kappa shape index (κ2) is 10.9. The summed E-state index contributed by atoms with van der Waals surface area (Å²) in [4.78, 5) is 35.6. The highest BCUT2D eigenvalue weighted by molar-refractivity contribution is 5.94. The molecule has 3 aromatic carbocycles. The van der Waals surface area contributed by atoms with E-state index in [0.29, 0.717) is 30.6 Å². The van der Waals surface area contributed by atoms with E-state index in [2.05, 4.69) is 34.9 Å². The maximum Gasteiger partial charge on any atom is 0.407 e. The number of nitrogens with one attached hydrogen (secondary N) is 2. The smallest absolute Gasteiger partial charge is 0.407 e. The van der Waals surface area contributed by atoms with Gasteiger partial charge in [0.25, 0.3) is 0 Å². The molecule has 0 bridgehead atoms. The highest BCUT2D eigenvalue weighted by Gasteiger charge is 2.28. The minimum atomic E-state index is -1.03. The van der Waals surface area contributed by atoms with Gasteiger partial charge in [-0.15, -0.1) is 0 Å². The predicted molar refractivity (Wildman–Crippen MR) is 134 cm³/mol. The van der Waals surface area contributed by atoms with Crippen molar-refractivity contribution in [1.82, 2.24) is 5.32 Å². The van der Waals surface area contributed by atoms with Gasteiger partial charge >= 0.3 is 12.1 Å². The van der Waals surface area contributed by atoms with Gasteiger partial charge in [0, 0.05) is 24.6 Å². The minimum absolute atomic E-state index is 0.0141. The van der Waals surface area contributed by atoms with Crippen molar-refractivity contribution in [3.05, 3.63) is 89.0 Å². The summed E-state index contributed by atoms with van der Waals surface area (Å²) in [5.41, 5.74) is 5.94. The summed E-state index contributed by atoms with van der Waals surface area (Å²) in [7, 11) is 0. The van der Waals surface area contributed by atoms with Gasteiger partial charge in [-0.05, 0) is 59.7 Å². The summed E-state index contributed by atoms with van der Waals surface area (Å²) in [5.74, 6) is -1.22. The van der Waals surface area contributed by atoms with E-state index in [1.54, 1.807) is 19.1 Å². The molecule has 2 amide bonds. The molecule has 1 aliphatic rings. The lowest BCUT2D eigenvalue weighted by Crippen LogP contribution is -2.27. The maximum atomic E-state index is 12.2. The van der Waals surface area contributed by atoms with Crippen molar-refractivity contribution in [3.8, 4) is 11.1 Å². The number of benzene rings is 3. The van der Waals surface area contributed by atoms with E-state index in [1.807, 2.05) is 24.3 Å². The molecule has 7 heteroatoms. The van der Waals surface area contributed by atoms with Gasteiger partial charge in [0.1, 0.15) is 6.61 Å². The summed E-state index contributed by atoms with van der Waals surface area (Å²) in [6.45, 7) is 2.37. The number of anilines is 1. The van der Waals surface area contributed by atoms with Gasteiger partial charge in [0.05, 0.1) is 5.56 Å². The fraction of sp³-hybridized carbons (Fsp3) is 0.250. The number of rotatable bonds is 9. The number of fused-ring (bicyclic) bond motifs is 3. The number of aromatic carboxylic acids is 1. The molecule has 4 rings (SSSR count). The van der Waals surface area contributed by atoms with Gasteiger partial charge in [-0.1, -0.05) is 54.6 Å². The van der Waals surface area contributed by atoms with Gasteiger partial charge in [-0.25, -0.2) is 9.59 Å². The Hall–Kier alpha value is -4.13. The van der Waals surface area contributed by atoms with E-state index in [4.69, 9.17) is 4.74 Å². The van der Waals surface area contributed by atoms with Crippen molar-refractivity contribution in [2.45, 2.75) is 32.1 Å². The Morgan fingerprint density at radius 1 is 0.914 bits per heavy atom. The molecule has 0 aromatic heterocycles. The van der Waals surface area contributed by atoms with Gasteiger partial charge in [-0.3, -0.25) is 4.79 Å². The highest BCUT2D eigenvalue weighted by Crippen LogP contribution is 2.44. The molecule has 0 radical (unpaired) electrons. The van der Waals surface area contributed by atoms with Crippen molar-refractivity contribution in [3.63, 3.8) is 0 Å². The number of carboxylic acid groups (broad SMARTS) is 1. The third-order valence-electron chi connectivity index (χ3n) is 6.20. The van der Waals surface area contributed by atoms with E-state index < -0.39 is 12.1 Å². The van der Waals surface area contributed by atoms with Crippen molar-refractivity contribution in [2.75, 3.05) is 18.5 Å². The predicted octanol–water partition coefficient (Wildman–Crippen LogP) is 5.34. The summed E-state index contributed by atoms with van der Waals surface area (Å²) in [6.07, 6.45) is 0.985. The van der Waals surface area contributed by atoms with Gasteiger partial charge in [0.15, 0.2) is 0 Å². The molecule has 1 aliphatic carbocycles. The number of ether oxygens (including phenoxy) is 1. The maximum absolute atomic E-state index is 12.2. The number of amides is 2. The molecule has 0 aliphatic heterocycles. The lowest BCUT2D eigenvalue weighted by atomic mass is 9.98. The van der Waals surface area contributed by atoms with Gasteiger partial charge in [0.2, 0.25) is 5.91 Å². The van der Waals surface area contributed by atoms with Crippen LogP contribution in [0, 0.1) is 6.92 Å². The molecular weight excluding hydrogens is 444 g/mol. The van der Waals surface area contributed by atoms with Gasteiger partial charge < -0.3 is 20.5 Å². The fourth-order valence-electron chi connectivity index (χ4n) is 4.40. The average molecular weight is 473 g/mol. The number of alkyl carbamates (subject to hydrolysis) is 1. The van der Waals surface area contributed by atoms with Gasteiger partial charge in [-0.2, -0.15) is 0 Å². The summed E-state index contributed by atoms with van der Waals surface area (Å²) >= 11 is 0. The normalized spacial score (nSPS) is 11.9. The molecule has 0 fully saturated rings. The number of unbranched alkanes of at least 4 members (excludes halogenated alkanes) is 1.